The molecule has 3 aromatic carbocycles. The number of amides is 5. The van der Waals surface area contributed by atoms with E-state index in [0.717, 1.165) is 44.6 Å². The van der Waals surface area contributed by atoms with Gasteiger partial charge >= 0.3 is 6.18 Å². The van der Waals surface area contributed by atoms with Gasteiger partial charge in [-0.2, -0.15) is 18.3 Å². The number of ether oxygens (including phenoxy) is 2. The molecule has 7 rings (SSSR count). The number of aliphatic hydroxyl groups excluding tert-OH is 1. The zero-order valence-corrected chi connectivity index (χ0v) is 43.0. The first kappa shape index (κ1) is 55.1. The van der Waals surface area contributed by atoms with Crippen molar-refractivity contribution in [2.45, 2.75) is 97.1 Å². The maximum Gasteiger partial charge on any atom is 0.416 e. The van der Waals surface area contributed by atoms with Crippen LogP contribution in [0.4, 0.5) is 13.2 Å². The summed E-state index contributed by atoms with van der Waals surface area (Å²) in [4.78, 5) is 72.8. The molecule has 3 atom stereocenters. The van der Waals surface area contributed by atoms with Crippen LogP contribution >= 0.6 is 11.3 Å². The maximum absolute atomic E-state index is 14.0. The fraction of sp³-hybridized carbons (Fsp3) is 0.453. The van der Waals surface area contributed by atoms with Gasteiger partial charge in [0.1, 0.15) is 12.1 Å². The van der Waals surface area contributed by atoms with Crippen LogP contribution in [0.3, 0.4) is 0 Å². The molecule has 17 nitrogen and oxygen atoms in total. The number of carbonyl (C=O) groups is 5. The van der Waals surface area contributed by atoms with Gasteiger partial charge in [0.05, 0.1) is 59.7 Å². The molecule has 5 N–H and O–H groups in total. The van der Waals surface area contributed by atoms with Crippen molar-refractivity contribution < 1.29 is 51.7 Å². The molecule has 0 saturated carbocycles. The van der Waals surface area contributed by atoms with Crippen LogP contribution in [0.1, 0.15) is 86.5 Å². The Labute approximate surface area is 431 Å². The minimum atomic E-state index is -4.46. The standard InChI is InChI=1S/C53H64F3N9O8S/c1-33-46(74-32-60-33)35-13-11-34(12-14-35)29-59-50(70)43-28-39(66)30-64(43)51(71)47(52(2,3)4)61-45(68)10-8-6-7-9-44(67)57-21-23-72-25-26-73-24-22-58-49(69)36-15-20-42-40(27-36)41-31-63(5)62-48(41)65(42)38-18-16-37(17-19-38)53(54,55)56/h11-20,27,31-32,39,43,47,66H,6-10,21-26,28-30H2,1-5H3,(H,57,67)(H,58,69)(H,59,70)(H,61,68)/t39-,43-,47?/m0/s1. The van der Waals surface area contributed by atoms with Crippen molar-refractivity contribution in [3.05, 3.63) is 101 Å². The number of fused-ring (bicyclic) bond motifs is 3. The Balaban J connectivity index is 0.736. The number of likely N-dealkylation sites (tertiary alicyclic amines) is 1. The van der Waals surface area contributed by atoms with Crippen molar-refractivity contribution in [3.8, 4) is 16.1 Å². The van der Waals surface area contributed by atoms with E-state index in [0.29, 0.717) is 48.2 Å². The summed E-state index contributed by atoms with van der Waals surface area (Å²) in [5.41, 5.74) is 5.39. The number of thiazole rings is 1. The van der Waals surface area contributed by atoms with Crippen LogP contribution in [-0.2, 0) is 48.4 Å². The molecule has 0 spiro atoms. The van der Waals surface area contributed by atoms with E-state index in [4.69, 9.17) is 9.47 Å². The summed E-state index contributed by atoms with van der Waals surface area (Å²) in [5.74, 6) is -1.59. The van der Waals surface area contributed by atoms with E-state index in [2.05, 4.69) is 31.3 Å². The van der Waals surface area contributed by atoms with Gasteiger partial charge in [-0.05, 0) is 78.8 Å². The average Bonchev–Trinajstić information content (AvgIpc) is 4.14. The van der Waals surface area contributed by atoms with Crippen LogP contribution in [0.25, 0.3) is 38.1 Å². The molecule has 1 aliphatic rings. The van der Waals surface area contributed by atoms with Crippen LogP contribution in [0.15, 0.2) is 78.4 Å². The molecule has 74 heavy (non-hydrogen) atoms. The third-order valence-electron chi connectivity index (χ3n) is 12.8. The number of hydrogen-bond acceptors (Lipinski definition) is 11. The number of nitrogens with one attached hydrogen (secondary N) is 4. The minimum absolute atomic E-state index is 0.0201. The second-order valence-electron chi connectivity index (χ2n) is 19.5. The number of alkyl halides is 3. The largest absolute Gasteiger partial charge is 0.416 e. The number of benzene rings is 3. The Morgan fingerprint density at radius 2 is 1.51 bits per heavy atom. The van der Waals surface area contributed by atoms with E-state index in [1.54, 1.807) is 57.5 Å². The van der Waals surface area contributed by atoms with Gasteiger partial charge in [-0.15, -0.1) is 11.3 Å². The first-order valence-corrected chi connectivity index (χ1v) is 25.6. The van der Waals surface area contributed by atoms with Gasteiger partial charge < -0.3 is 40.7 Å². The van der Waals surface area contributed by atoms with Gasteiger partial charge in [0.15, 0.2) is 5.65 Å². The summed E-state index contributed by atoms with van der Waals surface area (Å²) in [6.07, 6.45) is -1.34. The van der Waals surface area contributed by atoms with E-state index < -0.39 is 41.2 Å². The number of rotatable bonds is 23. The number of aromatic nitrogens is 4. The highest BCUT2D eigenvalue weighted by Crippen LogP contribution is 2.35. The van der Waals surface area contributed by atoms with Gasteiger partial charge in [-0.25, -0.2) is 4.98 Å². The van der Waals surface area contributed by atoms with E-state index in [-0.39, 0.29) is 89.0 Å². The second kappa shape index (κ2) is 24.6. The molecule has 396 valence electrons. The Kier molecular flexibility index (Phi) is 18.3. The highest BCUT2D eigenvalue weighted by Gasteiger charge is 2.44. The first-order valence-electron chi connectivity index (χ1n) is 24.7. The summed E-state index contributed by atoms with van der Waals surface area (Å²) in [7, 11) is 1.75. The molecule has 1 aliphatic heterocycles. The van der Waals surface area contributed by atoms with E-state index >= 15 is 0 Å². The lowest BCUT2D eigenvalue weighted by molar-refractivity contribution is -0.144. The smallest absolute Gasteiger partial charge is 0.391 e. The molecule has 1 fully saturated rings. The molecular weight excluding hydrogens is 980 g/mol. The summed E-state index contributed by atoms with van der Waals surface area (Å²) >= 11 is 1.56. The zero-order valence-electron chi connectivity index (χ0n) is 42.2. The van der Waals surface area contributed by atoms with Crippen molar-refractivity contribution in [2.24, 2.45) is 12.5 Å². The number of halogens is 3. The first-order chi connectivity index (χ1) is 35.3. The number of hydrogen-bond donors (Lipinski definition) is 5. The molecule has 1 unspecified atom stereocenters. The lowest BCUT2D eigenvalue weighted by Gasteiger charge is -2.35. The fourth-order valence-corrected chi connectivity index (χ4v) is 9.68. The molecule has 6 aromatic rings. The molecule has 0 radical (unpaired) electrons. The van der Waals surface area contributed by atoms with E-state index in [9.17, 15) is 42.3 Å². The normalized spacial score (nSPS) is 15.4. The summed E-state index contributed by atoms with van der Waals surface area (Å²) in [6, 6.07) is 16.0. The van der Waals surface area contributed by atoms with Gasteiger partial charge in [0, 0.05) is 80.7 Å². The fourth-order valence-electron chi connectivity index (χ4n) is 8.87. The van der Waals surface area contributed by atoms with Crippen LogP contribution in [0.2, 0.25) is 0 Å². The number of aryl methyl sites for hydroxylation is 2. The SMILES string of the molecule is Cc1ncsc1-c1ccc(CNC(=O)[C@@H]2C[C@H](O)CN2C(=O)C(NC(=O)CCCCCC(=O)NCCOCCOCCNC(=O)c2ccc3c(c2)c2cn(C)nc2n3-c2ccc(C(F)(F)F)cc2)C(C)(C)C)cc1. The molecule has 4 heterocycles. The van der Waals surface area contributed by atoms with Crippen molar-refractivity contribution in [1.29, 1.82) is 0 Å². The second-order valence-corrected chi connectivity index (χ2v) is 20.3. The Morgan fingerprint density at radius 3 is 2.16 bits per heavy atom. The van der Waals surface area contributed by atoms with Crippen LogP contribution < -0.4 is 21.3 Å². The molecule has 21 heteroatoms. The van der Waals surface area contributed by atoms with Crippen LogP contribution in [0, 0.1) is 12.3 Å². The Bertz CT molecular complexity index is 2910. The lowest BCUT2D eigenvalue weighted by atomic mass is 9.85. The van der Waals surface area contributed by atoms with Crippen LogP contribution in [-0.4, -0.2) is 123 Å². The number of aliphatic hydroxyl groups is 1. The predicted octanol–water partition coefficient (Wildman–Crippen LogP) is 6.61. The summed E-state index contributed by atoms with van der Waals surface area (Å²) < 4.78 is 54.2. The quantitative estimate of drug-likeness (QED) is 0.0434. The molecular formula is C53H64F3N9O8S. The lowest BCUT2D eigenvalue weighted by Crippen LogP contribution is -2.57. The summed E-state index contributed by atoms with van der Waals surface area (Å²) in [6.45, 7) is 9.30. The highest BCUT2D eigenvalue weighted by atomic mass is 32.1. The third-order valence-corrected chi connectivity index (χ3v) is 13.7. The zero-order chi connectivity index (χ0) is 53.2. The van der Waals surface area contributed by atoms with Crippen molar-refractivity contribution in [3.63, 3.8) is 0 Å². The number of nitrogens with zero attached hydrogens (tertiary/aromatic N) is 5. The van der Waals surface area contributed by atoms with E-state index in [1.165, 1.54) is 17.0 Å². The van der Waals surface area contributed by atoms with Crippen molar-refractivity contribution in [1.82, 2.24) is 45.5 Å². The maximum atomic E-state index is 14.0. The van der Waals surface area contributed by atoms with Crippen molar-refractivity contribution in [2.75, 3.05) is 46.1 Å². The minimum Gasteiger partial charge on any atom is -0.391 e. The average molecular weight is 1040 g/mol. The van der Waals surface area contributed by atoms with Gasteiger partial charge in [0.2, 0.25) is 23.6 Å². The third kappa shape index (κ3) is 14.1. The van der Waals surface area contributed by atoms with Crippen LogP contribution in [0.5, 0.6) is 0 Å². The topological polar surface area (TPSA) is 211 Å². The molecule has 1 saturated heterocycles. The molecule has 3 aromatic heterocycles. The molecule has 5 amide bonds. The summed E-state index contributed by atoms with van der Waals surface area (Å²) in [5, 5.41) is 28.0. The molecule has 0 bridgehead atoms. The predicted molar refractivity (Wildman–Crippen MR) is 274 cm³/mol. The van der Waals surface area contributed by atoms with Crippen molar-refractivity contribution >= 4 is 62.8 Å². The highest BCUT2D eigenvalue weighted by molar-refractivity contribution is 7.13. The van der Waals surface area contributed by atoms with Gasteiger partial charge in [-0.3, -0.25) is 33.2 Å². The number of carbonyl (C=O) groups excluding carboxylic acids is 5. The number of β-amino-alcohol motifs (C(OH)–C–C–N with tert-alkyl or cyclic N) is 1. The Morgan fingerprint density at radius 1 is 0.838 bits per heavy atom. The van der Waals surface area contributed by atoms with E-state index in [1.807, 2.05) is 52.0 Å². The van der Waals surface area contributed by atoms with Gasteiger partial charge in [0.25, 0.3) is 5.91 Å². The monoisotopic (exact) mass is 1040 g/mol. The number of unbranched alkanes of at least 4 members (excludes halogenated alkanes) is 2. The molecule has 0 aliphatic carbocycles. The Hall–Kier alpha value is -6.68. The van der Waals surface area contributed by atoms with Gasteiger partial charge in [-0.1, -0.05) is 51.5 Å².